The molecule has 25 heavy (non-hydrogen) atoms. The molecule has 0 spiro atoms. The molecular weight excluding hydrogens is 339 g/mol. The minimum absolute atomic E-state index is 0.0292. The Hall–Kier alpha value is -2.07. The van der Waals surface area contributed by atoms with Crippen molar-refractivity contribution in [3.8, 4) is 0 Å². The lowest BCUT2D eigenvalue weighted by Gasteiger charge is -2.21. The Morgan fingerprint density at radius 2 is 1.76 bits per heavy atom. The van der Waals surface area contributed by atoms with Crippen molar-refractivity contribution in [1.82, 2.24) is 4.90 Å². The molecular formula is C20H22ClFN2O. The van der Waals surface area contributed by atoms with Crippen LogP contribution in [0.25, 0.3) is 0 Å². The maximum absolute atomic E-state index is 13.3. The van der Waals surface area contributed by atoms with E-state index in [1.807, 2.05) is 0 Å². The van der Waals surface area contributed by atoms with Crippen molar-refractivity contribution in [1.29, 1.82) is 0 Å². The van der Waals surface area contributed by atoms with Gasteiger partial charge in [0.25, 0.3) is 0 Å². The average molecular weight is 361 g/mol. The van der Waals surface area contributed by atoms with Crippen LogP contribution >= 0.6 is 11.6 Å². The maximum atomic E-state index is 13.3. The number of carbonyl (C=O) groups excluding carboxylic acids is 1. The first-order valence-corrected chi connectivity index (χ1v) is 8.74. The third-order valence-electron chi connectivity index (χ3n) is 4.50. The molecule has 1 fully saturated rings. The van der Waals surface area contributed by atoms with Crippen LogP contribution in [0.15, 0.2) is 42.5 Å². The third-order valence-corrected chi connectivity index (χ3v) is 4.79. The van der Waals surface area contributed by atoms with Crippen LogP contribution in [0.5, 0.6) is 0 Å². The van der Waals surface area contributed by atoms with E-state index in [0.717, 1.165) is 5.56 Å². The molecule has 3 rings (SSSR count). The van der Waals surface area contributed by atoms with Crippen molar-refractivity contribution in [2.24, 2.45) is 0 Å². The van der Waals surface area contributed by atoms with Gasteiger partial charge in [-0.05, 0) is 34.7 Å². The first-order chi connectivity index (χ1) is 11.8. The summed E-state index contributed by atoms with van der Waals surface area (Å²) in [6.45, 7) is 8.30. The Morgan fingerprint density at radius 3 is 2.36 bits per heavy atom. The summed E-state index contributed by atoms with van der Waals surface area (Å²) in [6.07, 6.45) is 0. The van der Waals surface area contributed by atoms with Gasteiger partial charge >= 0.3 is 6.03 Å². The fourth-order valence-corrected chi connectivity index (χ4v) is 3.13. The molecule has 0 radical (unpaired) electrons. The van der Waals surface area contributed by atoms with Gasteiger partial charge in [-0.15, -0.1) is 0 Å². The van der Waals surface area contributed by atoms with Crippen LogP contribution in [-0.2, 0) is 12.0 Å². The van der Waals surface area contributed by atoms with E-state index in [9.17, 15) is 9.18 Å². The van der Waals surface area contributed by atoms with Crippen molar-refractivity contribution in [3.63, 3.8) is 0 Å². The number of benzene rings is 2. The van der Waals surface area contributed by atoms with Crippen LogP contribution in [-0.4, -0.2) is 24.0 Å². The van der Waals surface area contributed by atoms with Crippen LogP contribution in [0.2, 0.25) is 5.02 Å². The molecule has 2 aromatic rings. The van der Waals surface area contributed by atoms with E-state index in [1.165, 1.54) is 17.7 Å². The topological polar surface area (TPSA) is 23.6 Å². The summed E-state index contributed by atoms with van der Waals surface area (Å²) in [5, 5.41) is 0.0292. The van der Waals surface area contributed by atoms with Gasteiger partial charge in [0, 0.05) is 25.3 Å². The summed E-state index contributed by atoms with van der Waals surface area (Å²) < 4.78 is 13.3. The Bertz CT molecular complexity index is 783. The first-order valence-electron chi connectivity index (χ1n) is 8.36. The molecule has 1 aliphatic rings. The monoisotopic (exact) mass is 360 g/mol. The Kier molecular flexibility index (Phi) is 4.74. The molecule has 0 atom stereocenters. The molecule has 5 heteroatoms. The van der Waals surface area contributed by atoms with Gasteiger partial charge in [-0.1, -0.05) is 56.6 Å². The molecule has 1 saturated heterocycles. The highest BCUT2D eigenvalue weighted by Crippen LogP contribution is 2.27. The molecule has 0 saturated carbocycles. The lowest BCUT2D eigenvalue weighted by Crippen LogP contribution is -2.31. The quantitative estimate of drug-likeness (QED) is 0.736. The molecule has 0 aliphatic carbocycles. The lowest BCUT2D eigenvalue weighted by molar-refractivity contribution is 0.219. The van der Waals surface area contributed by atoms with Gasteiger partial charge in [0.05, 0.1) is 5.02 Å². The van der Waals surface area contributed by atoms with Crippen molar-refractivity contribution >= 4 is 23.3 Å². The summed E-state index contributed by atoms with van der Waals surface area (Å²) in [5.74, 6) is -0.479. The molecule has 0 bridgehead atoms. The van der Waals surface area contributed by atoms with E-state index < -0.39 is 5.82 Å². The summed E-state index contributed by atoms with van der Waals surface area (Å²) in [4.78, 5) is 16.1. The molecule has 2 amide bonds. The van der Waals surface area contributed by atoms with Crippen LogP contribution in [0.4, 0.5) is 14.9 Å². The van der Waals surface area contributed by atoms with Crippen LogP contribution in [0.3, 0.4) is 0 Å². The summed E-state index contributed by atoms with van der Waals surface area (Å²) in [7, 11) is 0. The molecule has 3 nitrogen and oxygen atoms in total. The molecule has 0 aromatic heterocycles. The molecule has 0 unspecified atom stereocenters. The maximum Gasteiger partial charge on any atom is 0.324 e. The largest absolute Gasteiger partial charge is 0.324 e. The SMILES string of the molecule is CC(C)(C)c1ccc(CN2CCN(c3ccc(F)c(Cl)c3)C2=O)cc1. The van der Waals surface area contributed by atoms with Gasteiger partial charge < -0.3 is 4.90 Å². The average Bonchev–Trinajstić information content (AvgIpc) is 2.91. The zero-order chi connectivity index (χ0) is 18.2. The van der Waals surface area contributed by atoms with E-state index in [4.69, 9.17) is 11.6 Å². The smallest absolute Gasteiger partial charge is 0.318 e. The number of amides is 2. The van der Waals surface area contributed by atoms with E-state index in [0.29, 0.717) is 25.3 Å². The number of anilines is 1. The highest BCUT2D eigenvalue weighted by atomic mass is 35.5. The number of rotatable bonds is 3. The molecule has 2 aromatic carbocycles. The number of halogens is 2. The van der Waals surface area contributed by atoms with Gasteiger partial charge in [0.2, 0.25) is 0 Å². The summed E-state index contributed by atoms with van der Waals surface area (Å²) >= 11 is 5.83. The highest BCUT2D eigenvalue weighted by Gasteiger charge is 2.29. The number of hydrogen-bond donors (Lipinski definition) is 0. The van der Waals surface area contributed by atoms with Gasteiger partial charge in [0.15, 0.2) is 0 Å². The van der Waals surface area contributed by atoms with E-state index in [1.54, 1.807) is 15.9 Å². The number of nitrogens with zero attached hydrogens (tertiary/aromatic N) is 2. The van der Waals surface area contributed by atoms with E-state index >= 15 is 0 Å². The minimum Gasteiger partial charge on any atom is -0.318 e. The number of urea groups is 1. The van der Waals surface area contributed by atoms with Crippen molar-refractivity contribution in [3.05, 3.63) is 64.4 Å². The van der Waals surface area contributed by atoms with E-state index in [-0.39, 0.29) is 16.5 Å². The van der Waals surface area contributed by atoms with Gasteiger partial charge in [-0.3, -0.25) is 4.90 Å². The predicted molar refractivity (Wildman–Crippen MR) is 99.7 cm³/mol. The fourth-order valence-electron chi connectivity index (χ4n) is 2.95. The molecule has 0 N–H and O–H groups in total. The molecule has 1 aliphatic heterocycles. The highest BCUT2D eigenvalue weighted by molar-refractivity contribution is 6.31. The van der Waals surface area contributed by atoms with Crippen LogP contribution in [0, 0.1) is 5.82 Å². The van der Waals surface area contributed by atoms with Gasteiger partial charge in [-0.2, -0.15) is 0 Å². The minimum atomic E-state index is -0.479. The Labute approximate surface area is 153 Å². The molecule has 132 valence electrons. The van der Waals surface area contributed by atoms with Crippen LogP contribution < -0.4 is 4.90 Å². The standard InChI is InChI=1S/C20H22ClFN2O/c1-20(2,3)15-6-4-14(5-7-15)13-23-10-11-24(19(23)25)16-8-9-18(22)17(21)12-16/h4-9,12H,10-11,13H2,1-3H3. The molecule has 1 heterocycles. The second-order valence-electron chi connectivity index (χ2n) is 7.40. The van der Waals surface area contributed by atoms with Gasteiger partial charge in [-0.25, -0.2) is 9.18 Å². The number of hydrogen-bond acceptors (Lipinski definition) is 1. The summed E-state index contributed by atoms with van der Waals surface area (Å²) in [6, 6.07) is 12.7. The van der Waals surface area contributed by atoms with E-state index in [2.05, 4.69) is 45.0 Å². The Balaban J connectivity index is 1.71. The summed E-state index contributed by atoms with van der Waals surface area (Å²) in [5.41, 5.74) is 3.11. The predicted octanol–water partition coefficient (Wildman–Crippen LogP) is 5.22. The van der Waals surface area contributed by atoms with Crippen molar-refractivity contribution in [2.45, 2.75) is 32.7 Å². The fraction of sp³-hybridized carbons (Fsp3) is 0.350. The second-order valence-corrected chi connectivity index (χ2v) is 7.81. The zero-order valence-corrected chi connectivity index (χ0v) is 15.5. The van der Waals surface area contributed by atoms with Crippen LogP contribution in [0.1, 0.15) is 31.9 Å². The normalized spacial score (nSPS) is 15.2. The Morgan fingerprint density at radius 1 is 1.08 bits per heavy atom. The van der Waals surface area contributed by atoms with Gasteiger partial charge in [0.1, 0.15) is 5.82 Å². The first kappa shape index (κ1) is 17.7. The lowest BCUT2D eigenvalue weighted by atomic mass is 9.87. The number of carbonyl (C=O) groups is 1. The van der Waals surface area contributed by atoms with Crippen molar-refractivity contribution < 1.29 is 9.18 Å². The van der Waals surface area contributed by atoms with Crippen molar-refractivity contribution in [2.75, 3.05) is 18.0 Å². The second kappa shape index (κ2) is 6.68. The third kappa shape index (κ3) is 3.79. The zero-order valence-electron chi connectivity index (χ0n) is 14.7.